The zero-order chi connectivity index (χ0) is 13.9. The van der Waals surface area contributed by atoms with Gasteiger partial charge in [-0.3, -0.25) is 0 Å². The fourth-order valence-electron chi connectivity index (χ4n) is 3.66. The van der Waals surface area contributed by atoms with E-state index in [1.165, 1.54) is 77.2 Å². The van der Waals surface area contributed by atoms with E-state index in [4.69, 9.17) is 0 Å². The Morgan fingerprint density at radius 3 is 2.53 bits per heavy atom. The zero-order valence-electron chi connectivity index (χ0n) is 13.7. The van der Waals surface area contributed by atoms with Gasteiger partial charge in [-0.2, -0.15) is 0 Å². The summed E-state index contributed by atoms with van der Waals surface area (Å²) in [5.74, 6) is 1.99. The maximum atomic E-state index is 3.78. The van der Waals surface area contributed by atoms with Crippen molar-refractivity contribution in [2.24, 2.45) is 11.8 Å². The van der Waals surface area contributed by atoms with Gasteiger partial charge in [-0.05, 0) is 44.1 Å². The minimum atomic E-state index is 0.816. The van der Waals surface area contributed by atoms with E-state index < -0.39 is 0 Å². The highest BCUT2D eigenvalue weighted by molar-refractivity contribution is 4.78. The van der Waals surface area contributed by atoms with Crippen LogP contribution in [0.3, 0.4) is 0 Å². The maximum absolute atomic E-state index is 3.78. The molecule has 0 aromatic rings. The molecule has 0 bridgehead atoms. The summed E-state index contributed by atoms with van der Waals surface area (Å²) in [4.78, 5) is 0. The summed E-state index contributed by atoms with van der Waals surface area (Å²) in [6.07, 6.45) is 15.7. The van der Waals surface area contributed by atoms with Crippen molar-refractivity contribution in [3.8, 4) is 0 Å². The highest BCUT2D eigenvalue weighted by Crippen LogP contribution is 2.31. The molecule has 0 saturated heterocycles. The first kappa shape index (κ1) is 17.0. The van der Waals surface area contributed by atoms with Crippen LogP contribution in [0.5, 0.6) is 0 Å². The SMILES string of the molecule is CCCCC(CC)CC1CCCCC(NCCC)C1. The van der Waals surface area contributed by atoms with E-state index >= 15 is 0 Å². The molecular formula is C18H37N. The van der Waals surface area contributed by atoms with Gasteiger partial charge >= 0.3 is 0 Å². The van der Waals surface area contributed by atoms with Gasteiger partial charge in [0.2, 0.25) is 0 Å². The lowest BCUT2D eigenvalue weighted by atomic mass is 9.84. The monoisotopic (exact) mass is 267 g/mol. The van der Waals surface area contributed by atoms with E-state index in [2.05, 4.69) is 26.1 Å². The lowest BCUT2D eigenvalue weighted by Gasteiger charge is -2.25. The number of rotatable bonds is 9. The Morgan fingerprint density at radius 1 is 1.05 bits per heavy atom. The van der Waals surface area contributed by atoms with Crippen LogP contribution < -0.4 is 5.32 Å². The van der Waals surface area contributed by atoms with Crippen molar-refractivity contribution in [3.05, 3.63) is 0 Å². The third kappa shape index (κ3) is 7.34. The fraction of sp³-hybridized carbons (Fsp3) is 1.00. The lowest BCUT2D eigenvalue weighted by molar-refractivity contribution is 0.293. The Morgan fingerprint density at radius 2 is 1.84 bits per heavy atom. The van der Waals surface area contributed by atoms with Crippen molar-refractivity contribution in [1.29, 1.82) is 0 Å². The topological polar surface area (TPSA) is 12.0 Å². The van der Waals surface area contributed by atoms with Crippen LogP contribution in [0.25, 0.3) is 0 Å². The van der Waals surface area contributed by atoms with Crippen LogP contribution in [0.2, 0.25) is 0 Å². The van der Waals surface area contributed by atoms with Crippen LogP contribution in [-0.4, -0.2) is 12.6 Å². The first-order valence-corrected chi connectivity index (χ1v) is 9.03. The van der Waals surface area contributed by atoms with Crippen LogP contribution in [-0.2, 0) is 0 Å². The van der Waals surface area contributed by atoms with Gasteiger partial charge in [-0.1, -0.05) is 65.7 Å². The van der Waals surface area contributed by atoms with Gasteiger partial charge in [0.25, 0.3) is 0 Å². The third-order valence-electron chi connectivity index (χ3n) is 4.93. The number of unbranched alkanes of at least 4 members (excludes halogenated alkanes) is 1. The first-order valence-electron chi connectivity index (χ1n) is 9.03. The standard InChI is InChI=1S/C18H37N/c1-4-7-10-16(6-3)14-17-11-8-9-12-18(15-17)19-13-5-2/h16-19H,4-15H2,1-3H3. The molecule has 0 aromatic carbocycles. The van der Waals surface area contributed by atoms with Crippen molar-refractivity contribution >= 4 is 0 Å². The predicted octanol–water partition coefficient (Wildman–Crippen LogP) is 5.54. The number of hydrogen-bond donors (Lipinski definition) is 1. The molecule has 0 heterocycles. The first-order chi connectivity index (χ1) is 9.30. The molecule has 1 aliphatic carbocycles. The van der Waals surface area contributed by atoms with Gasteiger partial charge in [0.15, 0.2) is 0 Å². The van der Waals surface area contributed by atoms with E-state index in [0.29, 0.717) is 0 Å². The molecule has 0 radical (unpaired) electrons. The van der Waals surface area contributed by atoms with Crippen LogP contribution >= 0.6 is 0 Å². The molecule has 0 aromatic heterocycles. The largest absolute Gasteiger partial charge is 0.314 e. The van der Waals surface area contributed by atoms with Gasteiger partial charge in [0, 0.05) is 6.04 Å². The smallest absolute Gasteiger partial charge is 0.00697 e. The number of nitrogens with one attached hydrogen (secondary N) is 1. The summed E-state index contributed by atoms with van der Waals surface area (Å²) < 4.78 is 0. The van der Waals surface area contributed by atoms with E-state index in [1.807, 2.05) is 0 Å². The summed E-state index contributed by atoms with van der Waals surface area (Å²) in [5, 5.41) is 3.78. The maximum Gasteiger partial charge on any atom is 0.00697 e. The highest BCUT2D eigenvalue weighted by atomic mass is 14.9. The van der Waals surface area contributed by atoms with E-state index in [1.54, 1.807) is 0 Å². The third-order valence-corrected chi connectivity index (χ3v) is 4.93. The summed E-state index contributed by atoms with van der Waals surface area (Å²) in [7, 11) is 0. The normalized spacial score (nSPS) is 26.1. The molecule has 1 fully saturated rings. The second-order valence-corrected chi connectivity index (χ2v) is 6.69. The molecule has 0 spiro atoms. The Hall–Kier alpha value is -0.0400. The number of hydrogen-bond acceptors (Lipinski definition) is 1. The Labute approximate surface area is 121 Å². The Balaban J connectivity index is 2.36. The molecule has 1 saturated carbocycles. The Kier molecular flexibility index (Phi) is 9.59. The Bertz CT molecular complexity index is 202. The van der Waals surface area contributed by atoms with Crippen molar-refractivity contribution in [3.63, 3.8) is 0 Å². The predicted molar refractivity (Wildman–Crippen MR) is 86.6 cm³/mol. The highest BCUT2D eigenvalue weighted by Gasteiger charge is 2.22. The van der Waals surface area contributed by atoms with Crippen molar-refractivity contribution in [2.45, 2.75) is 97.4 Å². The summed E-state index contributed by atoms with van der Waals surface area (Å²) in [6, 6.07) is 0.816. The molecule has 0 amide bonds. The van der Waals surface area contributed by atoms with Gasteiger partial charge in [-0.15, -0.1) is 0 Å². The minimum absolute atomic E-state index is 0.816. The molecule has 1 N–H and O–H groups in total. The average molecular weight is 268 g/mol. The van der Waals surface area contributed by atoms with Crippen molar-refractivity contribution in [2.75, 3.05) is 6.54 Å². The molecule has 0 aliphatic heterocycles. The lowest BCUT2D eigenvalue weighted by Crippen LogP contribution is -2.31. The van der Waals surface area contributed by atoms with Crippen LogP contribution in [0.15, 0.2) is 0 Å². The minimum Gasteiger partial charge on any atom is -0.314 e. The van der Waals surface area contributed by atoms with E-state index in [-0.39, 0.29) is 0 Å². The van der Waals surface area contributed by atoms with Gasteiger partial charge in [0.1, 0.15) is 0 Å². The quantitative estimate of drug-likeness (QED) is 0.541. The van der Waals surface area contributed by atoms with Crippen LogP contribution in [0.1, 0.15) is 91.4 Å². The van der Waals surface area contributed by atoms with Crippen molar-refractivity contribution in [1.82, 2.24) is 5.32 Å². The summed E-state index contributed by atoms with van der Waals surface area (Å²) in [6.45, 7) is 8.20. The van der Waals surface area contributed by atoms with Gasteiger partial charge < -0.3 is 5.32 Å². The molecular weight excluding hydrogens is 230 g/mol. The zero-order valence-corrected chi connectivity index (χ0v) is 13.7. The van der Waals surface area contributed by atoms with Crippen LogP contribution in [0, 0.1) is 11.8 Å². The molecule has 3 unspecified atom stereocenters. The molecule has 1 aliphatic rings. The van der Waals surface area contributed by atoms with E-state index in [0.717, 1.165) is 17.9 Å². The molecule has 1 heteroatoms. The molecule has 1 rings (SSSR count). The second kappa shape index (κ2) is 10.7. The average Bonchev–Trinajstić information content (AvgIpc) is 2.66. The fourth-order valence-corrected chi connectivity index (χ4v) is 3.66. The van der Waals surface area contributed by atoms with Crippen LogP contribution in [0.4, 0.5) is 0 Å². The van der Waals surface area contributed by atoms with Gasteiger partial charge in [-0.25, -0.2) is 0 Å². The summed E-state index contributed by atoms with van der Waals surface area (Å²) in [5.41, 5.74) is 0. The molecule has 3 atom stereocenters. The van der Waals surface area contributed by atoms with E-state index in [9.17, 15) is 0 Å². The molecule has 114 valence electrons. The molecule has 19 heavy (non-hydrogen) atoms. The van der Waals surface area contributed by atoms with Gasteiger partial charge in [0.05, 0.1) is 0 Å². The van der Waals surface area contributed by atoms with Crippen molar-refractivity contribution < 1.29 is 0 Å². The second-order valence-electron chi connectivity index (χ2n) is 6.69. The molecule has 1 nitrogen and oxygen atoms in total. The summed E-state index contributed by atoms with van der Waals surface area (Å²) >= 11 is 0.